The first kappa shape index (κ1) is 11.3. The van der Waals surface area contributed by atoms with Crippen LogP contribution in [-0.4, -0.2) is 20.9 Å². The van der Waals surface area contributed by atoms with E-state index in [-0.39, 0.29) is 5.69 Å². The molecule has 0 aliphatic heterocycles. The van der Waals surface area contributed by atoms with Crippen molar-refractivity contribution < 1.29 is 14.3 Å². The molecule has 0 saturated carbocycles. The van der Waals surface area contributed by atoms with Crippen LogP contribution < -0.4 is 0 Å². The van der Waals surface area contributed by atoms with Crippen molar-refractivity contribution in [1.29, 1.82) is 0 Å². The molecule has 1 aromatic carbocycles. The van der Waals surface area contributed by atoms with E-state index in [1.54, 1.807) is 16.8 Å². The number of hydrogen-bond donors (Lipinski definition) is 1. The molecule has 0 aliphatic rings. The number of nitrogens with zero attached hydrogens (tertiary/aromatic N) is 2. The predicted octanol–water partition coefficient (Wildman–Crippen LogP) is 2.83. The van der Waals surface area contributed by atoms with Gasteiger partial charge in [0, 0.05) is 6.07 Å². The van der Waals surface area contributed by atoms with E-state index in [0.29, 0.717) is 11.5 Å². The van der Waals surface area contributed by atoms with Crippen LogP contribution in [0.3, 0.4) is 0 Å². The number of aromatic carboxylic acids is 1. The summed E-state index contributed by atoms with van der Waals surface area (Å²) in [5, 5.41) is 13.2. The van der Waals surface area contributed by atoms with E-state index in [1.165, 1.54) is 12.3 Å². The minimum Gasteiger partial charge on any atom is -0.476 e. The molecule has 0 fully saturated rings. The highest BCUT2D eigenvalue weighted by molar-refractivity contribution is 5.87. The lowest BCUT2D eigenvalue weighted by Gasteiger charge is -2.04. The van der Waals surface area contributed by atoms with E-state index in [2.05, 4.69) is 5.10 Å². The zero-order valence-electron chi connectivity index (χ0n) is 9.85. The van der Waals surface area contributed by atoms with Gasteiger partial charge in [-0.1, -0.05) is 18.2 Å². The second kappa shape index (κ2) is 4.45. The summed E-state index contributed by atoms with van der Waals surface area (Å²) in [6.07, 6.45) is 1.54. The van der Waals surface area contributed by atoms with Crippen molar-refractivity contribution in [3.8, 4) is 17.1 Å². The van der Waals surface area contributed by atoms with Gasteiger partial charge in [0.15, 0.2) is 11.5 Å². The molecule has 0 spiro atoms. The Hall–Kier alpha value is -2.82. The number of carboxylic acids is 1. The molecular weight excluding hydrogens is 244 g/mol. The minimum atomic E-state index is -1.07. The van der Waals surface area contributed by atoms with Gasteiger partial charge in [0.25, 0.3) is 0 Å². The van der Waals surface area contributed by atoms with Gasteiger partial charge in [-0.3, -0.25) is 0 Å². The van der Waals surface area contributed by atoms with Crippen molar-refractivity contribution in [1.82, 2.24) is 9.78 Å². The summed E-state index contributed by atoms with van der Waals surface area (Å²) in [6, 6.07) is 14.3. The minimum absolute atomic E-state index is 0.0183. The number of aromatic nitrogens is 2. The van der Waals surface area contributed by atoms with Gasteiger partial charge in [-0.2, -0.15) is 5.10 Å². The lowest BCUT2D eigenvalue weighted by Crippen LogP contribution is -2.01. The molecule has 3 aromatic rings. The van der Waals surface area contributed by atoms with E-state index in [1.807, 2.05) is 30.3 Å². The smallest absolute Gasteiger partial charge is 0.356 e. The third-order valence-corrected chi connectivity index (χ3v) is 2.70. The highest BCUT2D eigenvalue weighted by Crippen LogP contribution is 2.24. The average Bonchev–Trinajstić information content (AvgIpc) is 3.08. The quantitative estimate of drug-likeness (QED) is 0.780. The van der Waals surface area contributed by atoms with E-state index in [9.17, 15) is 4.79 Å². The van der Waals surface area contributed by atoms with Crippen LogP contribution >= 0.6 is 0 Å². The molecule has 0 saturated heterocycles. The summed E-state index contributed by atoms with van der Waals surface area (Å²) in [7, 11) is 0. The van der Waals surface area contributed by atoms with Crippen LogP contribution in [0.25, 0.3) is 17.1 Å². The Kier molecular flexibility index (Phi) is 2.64. The van der Waals surface area contributed by atoms with Crippen molar-refractivity contribution in [2.75, 3.05) is 0 Å². The predicted molar refractivity (Wildman–Crippen MR) is 68.2 cm³/mol. The zero-order chi connectivity index (χ0) is 13.2. The number of carboxylic acid groups (broad SMARTS) is 1. The number of benzene rings is 1. The normalized spacial score (nSPS) is 10.5. The fourth-order valence-corrected chi connectivity index (χ4v) is 1.85. The summed E-state index contributed by atoms with van der Waals surface area (Å²) in [5.74, 6) is -0.494. The summed E-state index contributed by atoms with van der Waals surface area (Å²) >= 11 is 0. The van der Waals surface area contributed by atoms with Gasteiger partial charge in [0.2, 0.25) is 0 Å². The average molecular weight is 254 g/mol. The van der Waals surface area contributed by atoms with Crippen LogP contribution in [0.4, 0.5) is 0 Å². The fourth-order valence-electron chi connectivity index (χ4n) is 1.85. The van der Waals surface area contributed by atoms with Crippen molar-refractivity contribution in [2.45, 2.75) is 0 Å². The van der Waals surface area contributed by atoms with Gasteiger partial charge in [-0.25, -0.2) is 9.48 Å². The molecule has 2 aromatic heterocycles. The van der Waals surface area contributed by atoms with Gasteiger partial charge >= 0.3 is 5.97 Å². The van der Waals surface area contributed by atoms with E-state index in [4.69, 9.17) is 9.52 Å². The van der Waals surface area contributed by atoms with Crippen LogP contribution in [0.15, 0.2) is 59.2 Å². The molecule has 0 amide bonds. The van der Waals surface area contributed by atoms with Crippen LogP contribution in [0.1, 0.15) is 10.5 Å². The fraction of sp³-hybridized carbons (Fsp3) is 0. The Balaban J connectivity index is 2.20. The summed E-state index contributed by atoms with van der Waals surface area (Å²) < 4.78 is 6.88. The van der Waals surface area contributed by atoms with Crippen molar-refractivity contribution in [3.05, 3.63) is 60.5 Å². The number of para-hydroxylation sites is 1. The van der Waals surface area contributed by atoms with Crippen LogP contribution in [0, 0.1) is 0 Å². The molecule has 5 nitrogen and oxygen atoms in total. The third-order valence-electron chi connectivity index (χ3n) is 2.70. The van der Waals surface area contributed by atoms with Gasteiger partial charge < -0.3 is 9.52 Å². The second-order valence-electron chi connectivity index (χ2n) is 3.94. The van der Waals surface area contributed by atoms with E-state index < -0.39 is 5.97 Å². The molecule has 94 valence electrons. The van der Waals surface area contributed by atoms with Crippen LogP contribution in [-0.2, 0) is 0 Å². The molecule has 0 radical (unpaired) electrons. The molecule has 0 unspecified atom stereocenters. The Morgan fingerprint density at radius 3 is 2.58 bits per heavy atom. The van der Waals surface area contributed by atoms with Gasteiger partial charge in [-0.15, -0.1) is 0 Å². The third kappa shape index (κ3) is 2.01. The molecule has 3 rings (SSSR count). The van der Waals surface area contributed by atoms with E-state index in [0.717, 1.165) is 5.69 Å². The molecular formula is C14H10N2O3. The zero-order valence-corrected chi connectivity index (χ0v) is 9.85. The van der Waals surface area contributed by atoms with Gasteiger partial charge in [0.1, 0.15) is 5.69 Å². The Morgan fingerprint density at radius 1 is 1.16 bits per heavy atom. The second-order valence-corrected chi connectivity index (χ2v) is 3.94. The monoisotopic (exact) mass is 254 g/mol. The lowest BCUT2D eigenvalue weighted by molar-refractivity contribution is 0.0690. The van der Waals surface area contributed by atoms with Crippen LogP contribution in [0.2, 0.25) is 0 Å². The van der Waals surface area contributed by atoms with Crippen molar-refractivity contribution in [2.24, 2.45) is 0 Å². The lowest BCUT2D eigenvalue weighted by atomic mass is 10.2. The van der Waals surface area contributed by atoms with E-state index >= 15 is 0 Å². The largest absolute Gasteiger partial charge is 0.476 e. The number of furan rings is 1. The summed E-state index contributed by atoms with van der Waals surface area (Å²) in [5.41, 5.74) is 1.37. The number of carbonyl (C=O) groups is 1. The molecule has 5 heteroatoms. The van der Waals surface area contributed by atoms with Crippen molar-refractivity contribution in [3.63, 3.8) is 0 Å². The first-order valence-corrected chi connectivity index (χ1v) is 5.68. The maximum absolute atomic E-state index is 11.1. The van der Waals surface area contributed by atoms with Crippen molar-refractivity contribution >= 4 is 5.97 Å². The molecule has 19 heavy (non-hydrogen) atoms. The Morgan fingerprint density at radius 2 is 1.95 bits per heavy atom. The molecule has 1 N–H and O–H groups in total. The SMILES string of the molecule is O=C(O)c1cc(-c2ccco2)n(-c2ccccc2)n1. The Bertz CT molecular complexity index is 700. The van der Waals surface area contributed by atoms with Gasteiger partial charge in [0.05, 0.1) is 12.0 Å². The first-order chi connectivity index (χ1) is 9.25. The van der Waals surface area contributed by atoms with Crippen LogP contribution in [0.5, 0.6) is 0 Å². The maximum Gasteiger partial charge on any atom is 0.356 e. The standard InChI is InChI=1S/C14H10N2O3/c17-14(18)11-9-12(13-7-4-8-19-13)16(15-11)10-5-2-1-3-6-10/h1-9H,(H,17,18). The summed E-state index contributed by atoms with van der Waals surface area (Å²) in [6.45, 7) is 0. The molecule has 2 heterocycles. The number of rotatable bonds is 3. The van der Waals surface area contributed by atoms with Gasteiger partial charge in [-0.05, 0) is 24.3 Å². The molecule has 0 bridgehead atoms. The summed E-state index contributed by atoms with van der Waals surface area (Å²) in [4.78, 5) is 11.1. The topological polar surface area (TPSA) is 68.3 Å². The number of hydrogen-bond acceptors (Lipinski definition) is 3. The maximum atomic E-state index is 11.1. The highest BCUT2D eigenvalue weighted by Gasteiger charge is 2.17. The molecule has 0 atom stereocenters. The highest BCUT2D eigenvalue weighted by atomic mass is 16.4. The molecule has 0 aliphatic carbocycles. The Labute approximate surface area is 108 Å². The first-order valence-electron chi connectivity index (χ1n) is 5.68.